The van der Waals surface area contributed by atoms with Crippen molar-refractivity contribution < 1.29 is 19.2 Å². The molecule has 1 saturated heterocycles. The molecule has 1 aromatic heterocycles. The maximum absolute atomic E-state index is 11.0. The summed E-state index contributed by atoms with van der Waals surface area (Å²) in [5, 5.41) is 13.0. The third-order valence-corrected chi connectivity index (χ3v) is 3.87. The SMILES string of the molecule is CCN1CCOC(c2noc(C(C)C(C)C(=O)O)n2)C1. The first-order valence-corrected chi connectivity index (χ1v) is 6.93. The minimum absolute atomic E-state index is 0.200. The lowest BCUT2D eigenvalue weighted by molar-refractivity contribution is -0.141. The van der Waals surface area contributed by atoms with Crippen molar-refractivity contribution in [1.29, 1.82) is 0 Å². The van der Waals surface area contributed by atoms with Crippen molar-refractivity contribution in [3.8, 4) is 0 Å². The van der Waals surface area contributed by atoms with Crippen LogP contribution in [0.5, 0.6) is 0 Å². The summed E-state index contributed by atoms with van der Waals surface area (Å²) in [6.07, 6.45) is -0.200. The van der Waals surface area contributed by atoms with Crippen LogP contribution in [-0.4, -0.2) is 52.4 Å². The number of hydrogen-bond donors (Lipinski definition) is 1. The van der Waals surface area contributed by atoms with Crippen molar-refractivity contribution in [2.45, 2.75) is 32.8 Å². The van der Waals surface area contributed by atoms with Crippen molar-refractivity contribution in [3.63, 3.8) is 0 Å². The Balaban J connectivity index is 2.06. The molecule has 1 aliphatic heterocycles. The van der Waals surface area contributed by atoms with E-state index in [1.54, 1.807) is 13.8 Å². The maximum Gasteiger partial charge on any atom is 0.307 e. The fraction of sp³-hybridized carbons (Fsp3) is 0.769. The largest absolute Gasteiger partial charge is 0.481 e. The number of aliphatic carboxylic acids is 1. The van der Waals surface area contributed by atoms with E-state index < -0.39 is 11.9 Å². The summed E-state index contributed by atoms with van der Waals surface area (Å²) in [7, 11) is 0. The van der Waals surface area contributed by atoms with Crippen molar-refractivity contribution in [3.05, 3.63) is 11.7 Å². The molecule has 20 heavy (non-hydrogen) atoms. The van der Waals surface area contributed by atoms with Gasteiger partial charge in [0.25, 0.3) is 0 Å². The van der Waals surface area contributed by atoms with Crippen LogP contribution >= 0.6 is 0 Å². The van der Waals surface area contributed by atoms with E-state index in [1.807, 2.05) is 0 Å². The molecule has 2 heterocycles. The molecule has 0 amide bonds. The maximum atomic E-state index is 11.0. The van der Waals surface area contributed by atoms with E-state index in [-0.39, 0.29) is 12.0 Å². The van der Waals surface area contributed by atoms with Crippen LogP contribution < -0.4 is 0 Å². The third kappa shape index (κ3) is 3.16. The van der Waals surface area contributed by atoms with E-state index in [9.17, 15) is 4.79 Å². The topological polar surface area (TPSA) is 88.7 Å². The average Bonchev–Trinajstić information content (AvgIpc) is 2.95. The molecule has 112 valence electrons. The molecule has 0 aromatic carbocycles. The number of nitrogens with zero attached hydrogens (tertiary/aromatic N) is 3. The van der Waals surface area contributed by atoms with Crippen LogP contribution in [0.3, 0.4) is 0 Å². The van der Waals surface area contributed by atoms with E-state index in [0.717, 1.165) is 19.6 Å². The molecular weight excluding hydrogens is 262 g/mol. The Morgan fingerprint density at radius 3 is 2.95 bits per heavy atom. The van der Waals surface area contributed by atoms with Gasteiger partial charge in [0.15, 0.2) is 0 Å². The van der Waals surface area contributed by atoms with Gasteiger partial charge < -0.3 is 14.4 Å². The lowest BCUT2D eigenvalue weighted by Gasteiger charge is -2.30. The molecule has 7 heteroatoms. The summed E-state index contributed by atoms with van der Waals surface area (Å²) in [4.78, 5) is 17.6. The van der Waals surface area contributed by atoms with E-state index in [1.165, 1.54) is 0 Å². The zero-order chi connectivity index (χ0) is 14.7. The molecule has 0 saturated carbocycles. The lowest BCUT2D eigenvalue weighted by atomic mass is 9.96. The van der Waals surface area contributed by atoms with Gasteiger partial charge in [0.1, 0.15) is 6.10 Å². The second-order valence-electron chi connectivity index (χ2n) is 5.16. The molecule has 1 fully saturated rings. The quantitative estimate of drug-likeness (QED) is 0.870. The van der Waals surface area contributed by atoms with Gasteiger partial charge in [-0.1, -0.05) is 25.9 Å². The van der Waals surface area contributed by atoms with E-state index >= 15 is 0 Å². The predicted octanol–water partition coefficient (Wildman–Crippen LogP) is 1.29. The Labute approximate surface area is 117 Å². The molecule has 0 spiro atoms. The van der Waals surface area contributed by atoms with Crippen LogP contribution in [0, 0.1) is 5.92 Å². The highest BCUT2D eigenvalue weighted by molar-refractivity contribution is 5.70. The summed E-state index contributed by atoms with van der Waals surface area (Å²) < 4.78 is 10.9. The van der Waals surface area contributed by atoms with Gasteiger partial charge in [0.05, 0.1) is 12.5 Å². The lowest BCUT2D eigenvalue weighted by Crippen LogP contribution is -2.38. The highest BCUT2D eigenvalue weighted by Gasteiger charge is 2.29. The monoisotopic (exact) mass is 283 g/mol. The first kappa shape index (κ1) is 14.9. The Morgan fingerprint density at radius 1 is 1.55 bits per heavy atom. The summed E-state index contributed by atoms with van der Waals surface area (Å²) >= 11 is 0. The Hall–Kier alpha value is -1.47. The molecule has 0 bridgehead atoms. The first-order valence-electron chi connectivity index (χ1n) is 6.93. The third-order valence-electron chi connectivity index (χ3n) is 3.87. The fourth-order valence-corrected chi connectivity index (χ4v) is 2.14. The number of carboxylic acids is 1. The van der Waals surface area contributed by atoms with Crippen LogP contribution in [0.2, 0.25) is 0 Å². The van der Waals surface area contributed by atoms with Crippen molar-refractivity contribution >= 4 is 5.97 Å². The molecule has 3 unspecified atom stereocenters. The van der Waals surface area contributed by atoms with E-state index in [4.69, 9.17) is 14.4 Å². The van der Waals surface area contributed by atoms with Gasteiger partial charge in [-0.15, -0.1) is 0 Å². The van der Waals surface area contributed by atoms with Gasteiger partial charge in [-0.2, -0.15) is 4.98 Å². The molecule has 3 atom stereocenters. The highest BCUT2D eigenvalue weighted by atomic mass is 16.5. The summed E-state index contributed by atoms with van der Waals surface area (Å²) in [6, 6.07) is 0. The van der Waals surface area contributed by atoms with Gasteiger partial charge in [-0.05, 0) is 6.54 Å². The minimum atomic E-state index is -0.872. The molecule has 2 rings (SSSR count). The molecule has 0 aliphatic carbocycles. The van der Waals surface area contributed by atoms with Gasteiger partial charge in [0.2, 0.25) is 11.7 Å². The summed E-state index contributed by atoms with van der Waals surface area (Å²) in [6.45, 7) is 8.74. The van der Waals surface area contributed by atoms with Crippen LogP contribution in [0.25, 0.3) is 0 Å². The minimum Gasteiger partial charge on any atom is -0.481 e. The molecule has 0 radical (unpaired) electrons. The zero-order valence-corrected chi connectivity index (χ0v) is 12.1. The van der Waals surface area contributed by atoms with Crippen molar-refractivity contribution in [2.75, 3.05) is 26.2 Å². The van der Waals surface area contributed by atoms with Gasteiger partial charge in [0, 0.05) is 19.0 Å². The Bertz CT molecular complexity index is 462. The second kappa shape index (κ2) is 6.32. The standard InChI is InChI=1S/C13H21N3O4/c1-4-16-5-6-19-10(7-16)11-14-12(20-15-11)8(2)9(3)13(17)18/h8-10H,4-7H2,1-3H3,(H,17,18). The molecule has 1 N–H and O–H groups in total. The number of ether oxygens (including phenoxy) is 1. The number of carbonyl (C=O) groups is 1. The van der Waals surface area contributed by atoms with E-state index in [0.29, 0.717) is 18.3 Å². The number of rotatable bonds is 5. The van der Waals surface area contributed by atoms with Crippen LogP contribution in [-0.2, 0) is 9.53 Å². The van der Waals surface area contributed by atoms with Crippen LogP contribution in [0.4, 0.5) is 0 Å². The molecule has 1 aromatic rings. The number of aromatic nitrogens is 2. The molecule has 7 nitrogen and oxygen atoms in total. The number of morpholine rings is 1. The Morgan fingerprint density at radius 2 is 2.30 bits per heavy atom. The summed E-state index contributed by atoms with van der Waals surface area (Å²) in [5.74, 6) is -0.902. The predicted molar refractivity (Wildman–Crippen MR) is 70.3 cm³/mol. The number of carboxylic acid groups (broad SMARTS) is 1. The number of likely N-dealkylation sites (N-methyl/N-ethyl adjacent to an activating group) is 1. The van der Waals surface area contributed by atoms with Gasteiger partial charge >= 0.3 is 5.97 Å². The van der Waals surface area contributed by atoms with Crippen LogP contribution in [0.15, 0.2) is 4.52 Å². The molecule has 1 aliphatic rings. The summed E-state index contributed by atoms with van der Waals surface area (Å²) in [5.41, 5.74) is 0. The molecular formula is C13H21N3O4. The smallest absolute Gasteiger partial charge is 0.307 e. The Kier molecular flexibility index (Phi) is 4.72. The fourth-order valence-electron chi connectivity index (χ4n) is 2.14. The normalized spacial score (nSPS) is 23.4. The van der Waals surface area contributed by atoms with Gasteiger partial charge in [-0.3, -0.25) is 9.69 Å². The van der Waals surface area contributed by atoms with Crippen LogP contribution in [0.1, 0.15) is 44.5 Å². The zero-order valence-electron chi connectivity index (χ0n) is 12.1. The highest BCUT2D eigenvalue weighted by Crippen LogP contribution is 2.26. The number of hydrogen-bond acceptors (Lipinski definition) is 6. The average molecular weight is 283 g/mol. The van der Waals surface area contributed by atoms with Crippen molar-refractivity contribution in [1.82, 2.24) is 15.0 Å². The van der Waals surface area contributed by atoms with E-state index in [2.05, 4.69) is 22.0 Å². The van der Waals surface area contributed by atoms with Crippen molar-refractivity contribution in [2.24, 2.45) is 5.92 Å². The first-order chi connectivity index (χ1) is 9.52. The van der Waals surface area contributed by atoms with Gasteiger partial charge in [-0.25, -0.2) is 0 Å². The second-order valence-corrected chi connectivity index (χ2v) is 5.16.